The largest absolute Gasteiger partial charge is 0.280 e. The van der Waals surface area contributed by atoms with Gasteiger partial charge in [-0.05, 0) is 11.6 Å². The molecule has 1 aromatic heterocycles. The minimum atomic E-state index is -4.07. The van der Waals surface area contributed by atoms with Crippen molar-refractivity contribution in [3.05, 3.63) is 23.4 Å². The summed E-state index contributed by atoms with van der Waals surface area (Å²) >= 11 is 3.00. The Labute approximate surface area is 98.0 Å². The molecule has 0 saturated heterocycles. The van der Waals surface area contributed by atoms with E-state index in [1.54, 1.807) is 0 Å². The highest BCUT2D eigenvalue weighted by atomic mass is 79.9. The molecule has 0 aliphatic rings. The van der Waals surface area contributed by atoms with Crippen LogP contribution in [0, 0.1) is 0 Å². The number of pyridine rings is 1. The lowest BCUT2D eigenvalue weighted by atomic mass is 10.2. The second kappa shape index (κ2) is 4.71. The van der Waals surface area contributed by atoms with E-state index in [2.05, 4.69) is 20.9 Å². The Bertz CT molecular complexity index is 466. The number of hydrogen-bond donors (Lipinski definition) is 0. The zero-order valence-electron chi connectivity index (χ0n) is 7.12. The molecule has 15 heavy (non-hydrogen) atoms. The third-order valence-corrected chi connectivity index (χ3v) is 3.39. The standard InChI is InChI=1S/C7H5BrClF2NO2S/c8-3-4-1-2-5(15(9,13)14)12-6(4)7(10)11/h1-2,7H,3H2. The summed E-state index contributed by atoms with van der Waals surface area (Å²) in [5.41, 5.74) is -0.345. The number of nitrogens with zero attached hydrogens (tertiary/aromatic N) is 1. The Morgan fingerprint density at radius 1 is 1.47 bits per heavy atom. The molecule has 0 unspecified atom stereocenters. The van der Waals surface area contributed by atoms with Gasteiger partial charge in [0.2, 0.25) is 0 Å². The van der Waals surface area contributed by atoms with Gasteiger partial charge in [-0.3, -0.25) is 0 Å². The molecule has 0 bridgehead atoms. The lowest BCUT2D eigenvalue weighted by Crippen LogP contribution is -2.02. The van der Waals surface area contributed by atoms with Crippen molar-refractivity contribution in [3.63, 3.8) is 0 Å². The fourth-order valence-electron chi connectivity index (χ4n) is 0.923. The predicted molar refractivity (Wildman–Crippen MR) is 54.9 cm³/mol. The van der Waals surface area contributed by atoms with Gasteiger partial charge >= 0.3 is 0 Å². The van der Waals surface area contributed by atoms with Crippen LogP contribution in [0.1, 0.15) is 17.7 Å². The molecule has 0 amide bonds. The molecule has 1 heterocycles. The summed E-state index contributed by atoms with van der Waals surface area (Å²) in [6.07, 6.45) is -2.84. The SMILES string of the molecule is O=S(=O)(Cl)c1ccc(CBr)c(C(F)F)n1. The number of hydrogen-bond acceptors (Lipinski definition) is 3. The Morgan fingerprint density at radius 2 is 2.07 bits per heavy atom. The highest BCUT2D eigenvalue weighted by Crippen LogP contribution is 2.25. The van der Waals surface area contributed by atoms with E-state index in [0.717, 1.165) is 6.07 Å². The van der Waals surface area contributed by atoms with Crippen LogP contribution in [0.25, 0.3) is 0 Å². The minimum Gasteiger partial charge on any atom is -0.234 e. The number of rotatable bonds is 3. The first-order valence-corrected chi connectivity index (χ1v) is 7.08. The van der Waals surface area contributed by atoms with Crippen LogP contribution >= 0.6 is 26.6 Å². The van der Waals surface area contributed by atoms with Gasteiger partial charge < -0.3 is 0 Å². The topological polar surface area (TPSA) is 47.0 Å². The van der Waals surface area contributed by atoms with Crippen LogP contribution in [0.2, 0.25) is 0 Å². The van der Waals surface area contributed by atoms with E-state index in [0.29, 0.717) is 0 Å². The first kappa shape index (κ1) is 12.8. The molecule has 1 aromatic rings. The van der Waals surface area contributed by atoms with Gasteiger partial charge in [-0.25, -0.2) is 22.2 Å². The predicted octanol–water partition coefficient (Wildman–Crippen LogP) is 2.84. The maximum atomic E-state index is 12.5. The van der Waals surface area contributed by atoms with Crippen LogP contribution in [0.5, 0.6) is 0 Å². The van der Waals surface area contributed by atoms with E-state index in [1.807, 2.05) is 0 Å². The van der Waals surface area contributed by atoms with Gasteiger partial charge in [0.1, 0.15) is 5.69 Å². The van der Waals surface area contributed by atoms with Gasteiger partial charge in [0.05, 0.1) is 0 Å². The molecule has 0 saturated carbocycles. The van der Waals surface area contributed by atoms with Crippen LogP contribution < -0.4 is 0 Å². The third-order valence-electron chi connectivity index (χ3n) is 1.59. The molecular formula is C7H5BrClF2NO2S. The molecule has 0 radical (unpaired) electrons. The number of halogens is 4. The molecule has 0 fully saturated rings. The Balaban J connectivity index is 3.35. The second-order valence-electron chi connectivity index (χ2n) is 2.57. The van der Waals surface area contributed by atoms with E-state index >= 15 is 0 Å². The van der Waals surface area contributed by atoms with Crippen LogP contribution in [0.4, 0.5) is 8.78 Å². The van der Waals surface area contributed by atoms with E-state index < -0.39 is 26.2 Å². The van der Waals surface area contributed by atoms with Crippen molar-refractivity contribution in [2.24, 2.45) is 0 Å². The van der Waals surface area contributed by atoms with Crippen LogP contribution in [-0.2, 0) is 14.4 Å². The first-order valence-electron chi connectivity index (χ1n) is 3.65. The Morgan fingerprint density at radius 3 is 2.47 bits per heavy atom. The molecule has 8 heteroatoms. The van der Waals surface area contributed by atoms with Crippen molar-refractivity contribution in [2.45, 2.75) is 16.8 Å². The van der Waals surface area contributed by atoms with Crippen molar-refractivity contribution in [1.82, 2.24) is 4.98 Å². The van der Waals surface area contributed by atoms with Gasteiger partial charge in [-0.1, -0.05) is 22.0 Å². The summed E-state index contributed by atoms with van der Waals surface area (Å²) in [5.74, 6) is 0. The highest BCUT2D eigenvalue weighted by Gasteiger charge is 2.19. The summed E-state index contributed by atoms with van der Waals surface area (Å²) in [7, 11) is 0.912. The van der Waals surface area contributed by atoms with E-state index in [4.69, 9.17) is 10.7 Å². The summed E-state index contributed by atoms with van der Waals surface area (Å²) in [4.78, 5) is 3.31. The molecule has 0 N–H and O–H groups in total. The zero-order valence-corrected chi connectivity index (χ0v) is 10.3. The molecule has 1 rings (SSSR count). The third kappa shape index (κ3) is 3.09. The molecule has 84 valence electrons. The fraction of sp³-hybridized carbons (Fsp3) is 0.286. The Hall–Kier alpha value is -0.270. The zero-order chi connectivity index (χ0) is 11.6. The average molecular weight is 321 g/mol. The number of alkyl halides is 3. The smallest absolute Gasteiger partial charge is 0.234 e. The van der Waals surface area contributed by atoms with E-state index in [1.165, 1.54) is 6.07 Å². The van der Waals surface area contributed by atoms with Gasteiger partial charge in [0, 0.05) is 16.0 Å². The van der Waals surface area contributed by atoms with Crippen LogP contribution in [-0.4, -0.2) is 13.4 Å². The summed E-state index contributed by atoms with van der Waals surface area (Å²) in [5, 5.41) is -0.397. The Kier molecular flexibility index (Phi) is 4.02. The summed E-state index contributed by atoms with van der Waals surface area (Å²) < 4.78 is 46.6. The van der Waals surface area contributed by atoms with Crippen molar-refractivity contribution in [3.8, 4) is 0 Å². The summed E-state index contributed by atoms with van der Waals surface area (Å²) in [6.45, 7) is 0. The molecule has 3 nitrogen and oxygen atoms in total. The van der Waals surface area contributed by atoms with Crippen molar-refractivity contribution >= 4 is 35.7 Å². The second-order valence-corrected chi connectivity index (χ2v) is 5.64. The van der Waals surface area contributed by atoms with Crippen molar-refractivity contribution < 1.29 is 17.2 Å². The van der Waals surface area contributed by atoms with Gasteiger partial charge in [-0.15, -0.1) is 0 Å². The normalized spacial score (nSPS) is 12.1. The van der Waals surface area contributed by atoms with E-state index in [9.17, 15) is 17.2 Å². The first-order chi connectivity index (χ1) is 6.86. The molecule has 0 aliphatic heterocycles. The highest BCUT2D eigenvalue weighted by molar-refractivity contribution is 9.08. The van der Waals surface area contributed by atoms with Crippen LogP contribution in [0.3, 0.4) is 0 Å². The van der Waals surface area contributed by atoms with E-state index in [-0.39, 0.29) is 10.9 Å². The van der Waals surface area contributed by atoms with Crippen molar-refractivity contribution in [2.75, 3.05) is 0 Å². The average Bonchev–Trinajstić information content (AvgIpc) is 2.15. The van der Waals surface area contributed by atoms with Gasteiger partial charge in [0.15, 0.2) is 5.03 Å². The molecule has 0 aliphatic carbocycles. The minimum absolute atomic E-state index is 0.169. The quantitative estimate of drug-likeness (QED) is 0.635. The lowest BCUT2D eigenvalue weighted by Gasteiger charge is -2.06. The lowest BCUT2D eigenvalue weighted by molar-refractivity contribution is 0.144. The molecular weight excluding hydrogens is 316 g/mol. The summed E-state index contributed by atoms with van der Waals surface area (Å²) in [6, 6.07) is 2.34. The molecule has 0 atom stereocenters. The maximum Gasteiger partial charge on any atom is 0.280 e. The molecule has 0 spiro atoms. The fourth-order valence-corrected chi connectivity index (χ4v) is 2.09. The molecule has 0 aromatic carbocycles. The van der Waals surface area contributed by atoms with Crippen molar-refractivity contribution in [1.29, 1.82) is 0 Å². The monoisotopic (exact) mass is 319 g/mol. The van der Waals surface area contributed by atoms with Crippen LogP contribution in [0.15, 0.2) is 17.2 Å². The maximum absolute atomic E-state index is 12.5. The number of aromatic nitrogens is 1. The van der Waals surface area contributed by atoms with Gasteiger partial charge in [0.25, 0.3) is 15.5 Å². The van der Waals surface area contributed by atoms with Gasteiger partial charge in [-0.2, -0.15) is 0 Å².